The SMILES string of the molecule is CC(C)[C@@H](C(=O)OCC(=O)Nc1ccc(Oc2ccccc2)cc1)N1C(=O)c2ccccc2C1=O. The molecule has 1 aliphatic heterocycles. The Morgan fingerprint density at radius 2 is 1.34 bits per heavy atom. The highest BCUT2D eigenvalue weighted by atomic mass is 16.5. The van der Waals surface area contributed by atoms with Crippen molar-refractivity contribution >= 4 is 29.4 Å². The third kappa shape index (κ3) is 5.22. The second-order valence-corrected chi connectivity index (χ2v) is 8.31. The summed E-state index contributed by atoms with van der Waals surface area (Å²) in [4.78, 5) is 51.7. The monoisotopic (exact) mass is 472 g/mol. The molecule has 3 aromatic carbocycles. The van der Waals surface area contributed by atoms with Gasteiger partial charge in [0.05, 0.1) is 11.1 Å². The smallest absolute Gasteiger partial charge is 0.330 e. The summed E-state index contributed by atoms with van der Waals surface area (Å²) in [7, 11) is 0. The second kappa shape index (κ2) is 10.2. The van der Waals surface area contributed by atoms with Gasteiger partial charge in [-0.1, -0.05) is 44.2 Å². The van der Waals surface area contributed by atoms with Crippen LogP contribution in [-0.2, 0) is 14.3 Å². The minimum Gasteiger partial charge on any atom is -0.457 e. The molecular formula is C27H24N2O6. The third-order valence-electron chi connectivity index (χ3n) is 5.44. The predicted octanol–water partition coefficient (Wildman–Crippen LogP) is 4.28. The molecule has 0 fully saturated rings. The van der Waals surface area contributed by atoms with Crippen molar-refractivity contribution in [1.82, 2.24) is 4.90 Å². The number of fused-ring (bicyclic) bond motifs is 1. The van der Waals surface area contributed by atoms with Gasteiger partial charge < -0.3 is 14.8 Å². The number of benzene rings is 3. The van der Waals surface area contributed by atoms with Gasteiger partial charge >= 0.3 is 5.97 Å². The molecule has 3 aromatic rings. The van der Waals surface area contributed by atoms with Crippen LogP contribution in [0.5, 0.6) is 11.5 Å². The molecule has 0 saturated carbocycles. The van der Waals surface area contributed by atoms with Crippen LogP contribution in [0.4, 0.5) is 5.69 Å². The maximum Gasteiger partial charge on any atom is 0.330 e. The number of hydrogen-bond acceptors (Lipinski definition) is 6. The first-order chi connectivity index (χ1) is 16.8. The lowest BCUT2D eigenvalue weighted by Gasteiger charge is -2.27. The van der Waals surface area contributed by atoms with E-state index >= 15 is 0 Å². The number of rotatable bonds is 8. The van der Waals surface area contributed by atoms with Gasteiger partial charge in [0.25, 0.3) is 17.7 Å². The Labute approximate surface area is 202 Å². The zero-order chi connectivity index (χ0) is 24.9. The van der Waals surface area contributed by atoms with Crippen LogP contribution < -0.4 is 10.1 Å². The molecule has 1 atom stereocenters. The number of anilines is 1. The minimum atomic E-state index is -1.15. The number of nitrogens with one attached hydrogen (secondary N) is 1. The minimum absolute atomic E-state index is 0.244. The number of carbonyl (C=O) groups excluding carboxylic acids is 4. The summed E-state index contributed by atoms with van der Waals surface area (Å²) in [6.45, 7) is 2.84. The summed E-state index contributed by atoms with van der Waals surface area (Å²) in [5, 5.41) is 2.64. The van der Waals surface area contributed by atoms with Crippen molar-refractivity contribution < 1.29 is 28.7 Å². The van der Waals surface area contributed by atoms with Crippen LogP contribution in [-0.4, -0.2) is 41.2 Å². The molecule has 4 rings (SSSR count). The van der Waals surface area contributed by atoms with E-state index in [0.717, 1.165) is 4.90 Å². The highest BCUT2D eigenvalue weighted by molar-refractivity contribution is 6.22. The molecule has 0 aliphatic carbocycles. The Bertz CT molecular complexity index is 1220. The van der Waals surface area contributed by atoms with E-state index in [1.807, 2.05) is 30.3 Å². The van der Waals surface area contributed by atoms with Crippen LogP contribution in [0.1, 0.15) is 34.6 Å². The van der Waals surface area contributed by atoms with Crippen LogP contribution in [0.15, 0.2) is 78.9 Å². The van der Waals surface area contributed by atoms with E-state index in [2.05, 4.69) is 5.32 Å². The lowest BCUT2D eigenvalue weighted by Crippen LogP contribution is -2.49. The standard InChI is InChI=1S/C27H24N2O6/c1-17(2)24(29-25(31)21-10-6-7-11-22(21)26(29)32)27(33)34-16-23(30)28-18-12-14-20(15-13-18)35-19-8-4-3-5-9-19/h3-15,17,24H,16H2,1-2H3,(H,28,30)/t24-/m0/s1. The zero-order valence-electron chi connectivity index (χ0n) is 19.3. The van der Waals surface area contributed by atoms with E-state index in [0.29, 0.717) is 17.2 Å². The Balaban J connectivity index is 1.34. The van der Waals surface area contributed by atoms with E-state index in [-0.39, 0.29) is 11.1 Å². The number of hydrogen-bond donors (Lipinski definition) is 1. The summed E-state index contributed by atoms with van der Waals surface area (Å²) >= 11 is 0. The Morgan fingerprint density at radius 3 is 1.91 bits per heavy atom. The molecule has 35 heavy (non-hydrogen) atoms. The van der Waals surface area contributed by atoms with Gasteiger partial charge in [-0.2, -0.15) is 0 Å². The van der Waals surface area contributed by atoms with Crippen LogP contribution >= 0.6 is 0 Å². The summed E-state index contributed by atoms with van der Waals surface area (Å²) in [5.41, 5.74) is 0.981. The number of imide groups is 1. The molecule has 0 aromatic heterocycles. The van der Waals surface area contributed by atoms with Crippen molar-refractivity contribution in [1.29, 1.82) is 0 Å². The number of amides is 3. The van der Waals surface area contributed by atoms with Gasteiger partial charge in [-0.25, -0.2) is 4.79 Å². The molecule has 0 bridgehead atoms. The predicted molar refractivity (Wildman–Crippen MR) is 128 cm³/mol. The van der Waals surface area contributed by atoms with Crippen molar-refractivity contribution in [3.05, 3.63) is 90.0 Å². The largest absolute Gasteiger partial charge is 0.457 e. The zero-order valence-corrected chi connectivity index (χ0v) is 19.3. The Hall–Kier alpha value is -4.46. The topological polar surface area (TPSA) is 102 Å². The Kier molecular flexibility index (Phi) is 6.91. The van der Waals surface area contributed by atoms with Gasteiger partial charge in [-0.05, 0) is 54.4 Å². The molecule has 3 amide bonds. The molecule has 1 N–H and O–H groups in total. The van der Waals surface area contributed by atoms with E-state index in [4.69, 9.17) is 9.47 Å². The summed E-state index contributed by atoms with van der Waals surface area (Å²) in [5.74, 6) is -1.61. The molecule has 0 saturated heterocycles. The van der Waals surface area contributed by atoms with Crippen molar-refractivity contribution in [3.63, 3.8) is 0 Å². The maximum absolute atomic E-state index is 12.8. The summed E-state index contributed by atoms with van der Waals surface area (Å²) < 4.78 is 10.9. The molecule has 178 valence electrons. The first kappa shape index (κ1) is 23.7. The third-order valence-corrected chi connectivity index (χ3v) is 5.44. The van der Waals surface area contributed by atoms with Gasteiger partial charge in [0.2, 0.25) is 0 Å². The van der Waals surface area contributed by atoms with Crippen LogP contribution in [0.2, 0.25) is 0 Å². The fourth-order valence-electron chi connectivity index (χ4n) is 3.79. The number of ether oxygens (including phenoxy) is 2. The van der Waals surface area contributed by atoms with Crippen molar-refractivity contribution in [2.45, 2.75) is 19.9 Å². The second-order valence-electron chi connectivity index (χ2n) is 8.31. The van der Waals surface area contributed by atoms with Crippen LogP contribution in [0, 0.1) is 5.92 Å². The lowest BCUT2D eigenvalue weighted by molar-refractivity contribution is -0.152. The van der Waals surface area contributed by atoms with Gasteiger partial charge in [0.15, 0.2) is 6.61 Å². The van der Waals surface area contributed by atoms with Crippen molar-refractivity contribution in [2.75, 3.05) is 11.9 Å². The van der Waals surface area contributed by atoms with Gasteiger partial charge in [-0.15, -0.1) is 0 Å². The van der Waals surface area contributed by atoms with Gasteiger partial charge in [0.1, 0.15) is 17.5 Å². The summed E-state index contributed by atoms with van der Waals surface area (Å²) in [6.07, 6.45) is 0. The normalized spacial score (nSPS) is 13.4. The molecule has 1 heterocycles. The van der Waals surface area contributed by atoms with Gasteiger partial charge in [0, 0.05) is 5.69 Å². The average molecular weight is 472 g/mol. The fraction of sp³-hybridized carbons (Fsp3) is 0.185. The van der Waals surface area contributed by atoms with E-state index in [1.165, 1.54) is 0 Å². The van der Waals surface area contributed by atoms with E-state index in [1.54, 1.807) is 62.4 Å². The highest BCUT2D eigenvalue weighted by Crippen LogP contribution is 2.28. The Morgan fingerprint density at radius 1 is 0.800 bits per heavy atom. The summed E-state index contributed by atoms with van der Waals surface area (Å²) in [6, 6.07) is 21.2. The molecule has 0 unspecified atom stereocenters. The number of esters is 1. The molecule has 0 spiro atoms. The number of para-hydroxylation sites is 1. The van der Waals surface area contributed by atoms with Crippen molar-refractivity contribution in [3.8, 4) is 11.5 Å². The molecule has 8 heteroatoms. The van der Waals surface area contributed by atoms with E-state index in [9.17, 15) is 19.2 Å². The maximum atomic E-state index is 12.8. The van der Waals surface area contributed by atoms with Crippen LogP contribution in [0.25, 0.3) is 0 Å². The quantitative estimate of drug-likeness (QED) is 0.388. The van der Waals surface area contributed by atoms with Crippen molar-refractivity contribution in [2.24, 2.45) is 5.92 Å². The highest BCUT2D eigenvalue weighted by Gasteiger charge is 2.44. The molecular weight excluding hydrogens is 448 g/mol. The molecule has 8 nitrogen and oxygen atoms in total. The fourth-order valence-corrected chi connectivity index (χ4v) is 3.79. The van der Waals surface area contributed by atoms with Gasteiger partial charge in [-0.3, -0.25) is 19.3 Å². The first-order valence-electron chi connectivity index (χ1n) is 11.1. The number of carbonyl (C=O) groups is 4. The lowest BCUT2D eigenvalue weighted by atomic mass is 10.0. The molecule has 1 aliphatic rings. The first-order valence-corrected chi connectivity index (χ1v) is 11.1. The van der Waals surface area contributed by atoms with E-state index < -0.39 is 42.3 Å². The average Bonchev–Trinajstić information content (AvgIpc) is 3.10. The number of nitrogens with zero attached hydrogens (tertiary/aromatic N) is 1. The molecule has 0 radical (unpaired) electrons. The van der Waals surface area contributed by atoms with Crippen LogP contribution in [0.3, 0.4) is 0 Å².